The van der Waals surface area contributed by atoms with Gasteiger partial charge < -0.3 is 4.74 Å². The number of fused-ring (bicyclic) bond motifs is 1. The second-order valence-electron chi connectivity index (χ2n) is 3.25. The zero-order chi connectivity index (χ0) is 9.97. The minimum Gasteiger partial charge on any atom is -0.469 e. The molecule has 0 aromatic heterocycles. The van der Waals surface area contributed by atoms with E-state index in [0.717, 1.165) is 5.56 Å². The van der Waals surface area contributed by atoms with Gasteiger partial charge in [0, 0.05) is 21.7 Å². The SMILES string of the molecule is COC(=O)Cc1cc2ccccc2[cH-]1.[Ti]. The third-order valence-corrected chi connectivity index (χ3v) is 2.25. The van der Waals surface area contributed by atoms with E-state index >= 15 is 0 Å². The molecule has 0 N–H and O–H groups in total. The molecule has 3 heteroatoms. The smallest absolute Gasteiger partial charge is 0.308 e. The van der Waals surface area contributed by atoms with Crippen molar-refractivity contribution >= 4 is 16.7 Å². The Morgan fingerprint density at radius 1 is 1.40 bits per heavy atom. The molecule has 2 aromatic carbocycles. The average Bonchev–Trinajstić information content (AvgIpc) is 2.59. The summed E-state index contributed by atoms with van der Waals surface area (Å²) in [4.78, 5) is 11.0. The molecule has 0 spiro atoms. The fraction of sp³-hybridized carbons (Fsp3) is 0.167. The summed E-state index contributed by atoms with van der Waals surface area (Å²) in [5.41, 5.74) is 1.01. The number of carbonyl (C=O) groups excluding carboxylic acids is 1. The van der Waals surface area contributed by atoms with E-state index in [-0.39, 0.29) is 27.7 Å². The predicted molar refractivity (Wildman–Crippen MR) is 55.3 cm³/mol. The van der Waals surface area contributed by atoms with Crippen LogP contribution in [0.4, 0.5) is 0 Å². The second kappa shape index (κ2) is 5.20. The van der Waals surface area contributed by atoms with Gasteiger partial charge in [0.1, 0.15) is 0 Å². The van der Waals surface area contributed by atoms with Gasteiger partial charge in [-0.15, -0.1) is 40.6 Å². The third kappa shape index (κ3) is 2.74. The van der Waals surface area contributed by atoms with E-state index in [4.69, 9.17) is 0 Å². The van der Waals surface area contributed by atoms with E-state index in [2.05, 4.69) is 4.74 Å². The Hall–Kier alpha value is -0.986. The van der Waals surface area contributed by atoms with Crippen LogP contribution in [0.15, 0.2) is 36.4 Å². The summed E-state index contributed by atoms with van der Waals surface area (Å²) in [6.45, 7) is 0. The van der Waals surface area contributed by atoms with Crippen LogP contribution in [0.5, 0.6) is 0 Å². The van der Waals surface area contributed by atoms with Crippen LogP contribution in [-0.4, -0.2) is 13.1 Å². The van der Waals surface area contributed by atoms with Crippen molar-refractivity contribution in [2.24, 2.45) is 0 Å². The Labute approximate surface area is 103 Å². The van der Waals surface area contributed by atoms with Gasteiger partial charge in [-0.3, -0.25) is 4.79 Å². The molecule has 0 saturated heterocycles. The number of esters is 1. The summed E-state index contributed by atoms with van der Waals surface area (Å²) in [5, 5.41) is 2.35. The van der Waals surface area contributed by atoms with Gasteiger partial charge in [0.2, 0.25) is 0 Å². The second-order valence-corrected chi connectivity index (χ2v) is 3.25. The Balaban J connectivity index is 0.00000112. The Kier molecular flexibility index (Phi) is 4.19. The van der Waals surface area contributed by atoms with Crippen LogP contribution >= 0.6 is 0 Å². The van der Waals surface area contributed by atoms with Crippen LogP contribution in [0.3, 0.4) is 0 Å². The first-order valence-electron chi connectivity index (χ1n) is 4.51. The standard InChI is InChI=1S/C12H11O2.Ti/c1-14-12(13)8-9-6-10-4-2-3-5-11(10)7-9;/h2-7H,8H2,1H3;/q-1;. The summed E-state index contributed by atoms with van der Waals surface area (Å²) in [5.74, 6) is -0.194. The van der Waals surface area contributed by atoms with Crippen LogP contribution < -0.4 is 0 Å². The minimum absolute atomic E-state index is 0. The van der Waals surface area contributed by atoms with Gasteiger partial charge in [0.25, 0.3) is 0 Å². The van der Waals surface area contributed by atoms with Crippen molar-refractivity contribution in [3.8, 4) is 0 Å². The van der Waals surface area contributed by atoms with Crippen molar-refractivity contribution < 1.29 is 31.2 Å². The molecule has 0 amide bonds. The first-order valence-corrected chi connectivity index (χ1v) is 4.51. The fourth-order valence-corrected chi connectivity index (χ4v) is 1.56. The third-order valence-electron chi connectivity index (χ3n) is 2.25. The zero-order valence-corrected chi connectivity index (χ0v) is 10.0. The van der Waals surface area contributed by atoms with E-state index in [1.54, 1.807) is 0 Å². The molecule has 2 nitrogen and oxygen atoms in total. The monoisotopic (exact) mass is 235 g/mol. The molecule has 0 heterocycles. The largest absolute Gasteiger partial charge is 0.469 e. The van der Waals surface area contributed by atoms with Crippen molar-refractivity contribution in [1.82, 2.24) is 0 Å². The Morgan fingerprint density at radius 2 is 2.13 bits per heavy atom. The number of hydrogen-bond donors (Lipinski definition) is 0. The molecule has 0 fully saturated rings. The summed E-state index contributed by atoms with van der Waals surface area (Å²) < 4.78 is 4.61. The van der Waals surface area contributed by atoms with Crippen LogP contribution in [0.25, 0.3) is 10.8 Å². The van der Waals surface area contributed by atoms with E-state index in [1.165, 1.54) is 17.9 Å². The van der Waals surface area contributed by atoms with E-state index in [1.807, 2.05) is 36.4 Å². The quantitative estimate of drug-likeness (QED) is 0.453. The van der Waals surface area contributed by atoms with Crippen LogP contribution in [-0.2, 0) is 37.7 Å². The minimum atomic E-state index is -0.194. The van der Waals surface area contributed by atoms with Crippen molar-refractivity contribution in [3.05, 3.63) is 42.0 Å². The molecule has 2 aromatic rings. The summed E-state index contributed by atoms with van der Waals surface area (Å²) in [7, 11) is 1.41. The number of hydrogen-bond acceptors (Lipinski definition) is 2. The molecule has 15 heavy (non-hydrogen) atoms. The molecular weight excluding hydrogens is 224 g/mol. The maximum Gasteiger partial charge on any atom is 0.308 e. The normalized spacial score (nSPS) is 9.67. The molecular formula is C12H11O2Ti-. The molecule has 0 saturated carbocycles. The number of carbonyl (C=O) groups is 1. The summed E-state index contributed by atoms with van der Waals surface area (Å²) in [6, 6.07) is 12.1. The molecule has 2 rings (SSSR count). The first kappa shape index (κ1) is 12.1. The van der Waals surface area contributed by atoms with Crippen molar-refractivity contribution in [3.63, 3.8) is 0 Å². The average molecular weight is 235 g/mol. The first-order chi connectivity index (χ1) is 6.79. The van der Waals surface area contributed by atoms with Crippen molar-refractivity contribution in [2.75, 3.05) is 7.11 Å². The van der Waals surface area contributed by atoms with Gasteiger partial charge in [-0.2, -0.15) is 6.07 Å². The van der Waals surface area contributed by atoms with Gasteiger partial charge in [0.15, 0.2) is 0 Å². The number of rotatable bonds is 2. The zero-order valence-electron chi connectivity index (χ0n) is 8.49. The van der Waals surface area contributed by atoms with Crippen molar-refractivity contribution in [2.45, 2.75) is 6.42 Å². The molecule has 0 bridgehead atoms. The molecule has 0 radical (unpaired) electrons. The molecule has 0 aliphatic carbocycles. The molecule has 0 atom stereocenters. The number of ether oxygens (including phenoxy) is 1. The van der Waals surface area contributed by atoms with E-state index < -0.39 is 0 Å². The predicted octanol–water partition coefficient (Wildman–Crippen LogP) is 2.27. The van der Waals surface area contributed by atoms with Crippen LogP contribution in [0, 0.1) is 0 Å². The van der Waals surface area contributed by atoms with Crippen LogP contribution in [0.1, 0.15) is 5.56 Å². The van der Waals surface area contributed by atoms with Gasteiger partial charge in [0.05, 0.1) is 13.5 Å². The topological polar surface area (TPSA) is 26.3 Å². The Morgan fingerprint density at radius 3 is 2.80 bits per heavy atom. The molecule has 0 aliphatic heterocycles. The summed E-state index contributed by atoms with van der Waals surface area (Å²) in [6.07, 6.45) is 0.352. The summed E-state index contributed by atoms with van der Waals surface area (Å²) >= 11 is 0. The number of methoxy groups -OCH3 is 1. The van der Waals surface area contributed by atoms with Gasteiger partial charge >= 0.3 is 5.97 Å². The fourth-order valence-electron chi connectivity index (χ4n) is 1.56. The maximum absolute atomic E-state index is 11.0. The van der Waals surface area contributed by atoms with Crippen LogP contribution in [0.2, 0.25) is 0 Å². The van der Waals surface area contributed by atoms with Gasteiger partial charge in [-0.25, -0.2) is 0 Å². The van der Waals surface area contributed by atoms with E-state index in [9.17, 15) is 4.79 Å². The molecule has 0 unspecified atom stereocenters. The Bertz CT molecular complexity index is 426. The van der Waals surface area contributed by atoms with Gasteiger partial charge in [-0.05, 0) is 0 Å². The molecule has 76 valence electrons. The van der Waals surface area contributed by atoms with E-state index in [0.29, 0.717) is 6.42 Å². The van der Waals surface area contributed by atoms with Gasteiger partial charge in [-0.1, -0.05) is 6.07 Å². The maximum atomic E-state index is 11.0. The number of benzene rings is 1. The van der Waals surface area contributed by atoms with Crippen molar-refractivity contribution in [1.29, 1.82) is 0 Å². The molecule has 0 aliphatic rings.